The highest BCUT2D eigenvalue weighted by Crippen LogP contribution is 2.22. The van der Waals surface area contributed by atoms with Crippen LogP contribution in [0, 0.1) is 6.07 Å². The lowest BCUT2D eigenvalue weighted by molar-refractivity contribution is -0.198. The molecule has 0 spiro atoms. The van der Waals surface area contributed by atoms with Crippen molar-refractivity contribution in [1.29, 1.82) is 0 Å². The van der Waals surface area contributed by atoms with E-state index in [2.05, 4.69) is 21.1 Å². The first-order valence-electron chi connectivity index (χ1n) is 11.5. The molecule has 15 heteroatoms. The molecule has 212 valence electrons. The largest absolute Gasteiger partial charge is 0.462 e. The molecule has 0 fully saturated rings. The van der Waals surface area contributed by atoms with Crippen LogP contribution in [0.2, 0.25) is 0 Å². The van der Waals surface area contributed by atoms with Crippen LogP contribution in [0.1, 0.15) is 61.8 Å². The van der Waals surface area contributed by atoms with E-state index in [-0.39, 0.29) is 13.0 Å². The fourth-order valence-electron chi connectivity index (χ4n) is 2.67. The van der Waals surface area contributed by atoms with Crippen LogP contribution in [0.3, 0.4) is 0 Å². The molecular formula is C23H34N3O12+. The van der Waals surface area contributed by atoms with E-state index in [1.165, 1.54) is 6.92 Å². The minimum absolute atomic E-state index is 0.0725. The molecule has 0 aliphatic rings. The molecule has 5 atom stereocenters. The van der Waals surface area contributed by atoms with Crippen molar-refractivity contribution in [2.75, 3.05) is 13.2 Å². The molecule has 0 aliphatic carbocycles. The van der Waals surface area contributed by atoms with Gasteiger partial charge in [0, 0.05) is 41.5 Å². The summed E-state index contributed by atoms with van der Waals surface area (Å²) in [4.78, 5) is 74.7. The number of carbonyl (C=O) groups is 6. The molecule has 1 amide bonds. The van der Waals surface area contributed by atoms with Gasteiger partial charge in [0.1, 0.15) is 6.61 Å². The Kier molecular flexibility index (Phi) is 14.8. The lowest BCUT2D eigenvalue weighted by Crippen LogP contribution is -2.52. The molecule has 0 unspecified atom stereocenters. The Labute approximate surface area is 219 Å². The summed E-state index contributed by atoms with van der Waals surface area (Å²) in [5, 5.41) is 7.27. The van der Waals surface area contributed by atoms with Gasteiger partial charge in [0.25, 0.3) is 6.10 Å². The van der Waals surface area contributed by atoms with Gasteiger partial charge in [-0.1, -0.05) is 17.2 Å². The van der Waals surface area contributed by atoms with Crippen LogP contribution < -0.4 is 0 Å². The monoisotopic (exact) mass is 544 g/mol. The molecule has 0 aromatic heterocycles. The number of azo groups is 1. The third kappa shape index (κ3) is 13.9. The van der Waals surface area contributed by atoms with Gasteiger partial charge in [0.15, 0.2) is 18.3 Å². The predicted octanol–water partition coefficient (Wildman–Crippen LogP) is 2.34. The van der Waals surface area contributed by atoms with E-state index in [9.17, 15) is 28.8 Å². The number of ether oxygens (including phenoxy) is 6. The molecule has 15 nitrogen and oxygen atoms in total. The molecule has 0 heterocycles. The van der Waals surface area contributed by atoms with E-state index in [0.717, 1.165) is 34.6 Å². The molecular weight excluding hydrogens is 510 g/mol. The summed E-state index contributed by atoms with van der Waals surface area (Å²) < 4.78 is 30.6. The second-order valence-electron chi connectivity index (χ2n) is 7.84. The Morgan fingerprint density at radius 1 is 0.763 bits per heavy atom. The number of esters is 5. The van der Waals surface area contributed by atoms with Crippen molar-refractivity contribution in [1.82, 2.24) is 0 Å². The minimum atomic E-state index is -1.69. The fourth-order valence-corrected chi connectivity index (χ4v) is 2.67. The van der Waals surface area contributed by atoms with Gasteiger partial charge in [0.2, 0.25) is 0 Å². The molecule has 0 aromatic rings. The summed E-state index contributed by atoms with van der Waals surface area (Å²) in [5.74, 6) is -4.26. The van der Waals surface area contributed by atoms with Crippen LogP contribution in [0.25, 0.3) is 4.85 Å². The second kappa shape index (κ2) is 16.6. The van der Waals surface area contributed by atoms with Crippen LogP contribution >= 0.6 is 0 Å². The second-order valence-corrected chi connectivity index (χ2v) is 7.84. The highest BCUT2D eigenvalue weighted by Gasteiger charge is 2.46. The van der Waals surface area contributed by atoms with Crippen molar-refractivity contribution >= 4 is 35.9 Å². The van der Waals surface area contributed by atoms with Crippen LogP contribution in [-0.2, 0) is 52.4 Å². The van der Waals surface area contributed by atoms with E-state index >= 15 is 0 Å². The van der Waals surface area contributed by atoms with Gasteiger partial charge in [-0.05, 0) is 11.8 Å². The predicted molar refractivity (Wildman–Crippen MR) is 127 cm³/mol. The van der Waals surface area contributed by atoms with Crippen molar-refractivity contribution in [3.63, 3.8) is 0 Å². The molecule has 0 saturated carbocycles. The highest BCUT2D eigenvalue weighted by molar-refractivity contribution is 5.69. The van der Waals surface area contributed by atoms with E-state index < -0.39 is 72.6 Å². The van der Waals surface area contributed by atoms with Gasteiger partial charge >= 0.3 is 47.7 Å². The molecule has 0 aromatic carbocycles. The lowest BCUT2D eigenvalue weighted by Gasteiger charge is -2.32. The number of nitrogens with zero attached hydrogens (tertiary/aromatic N) is 3. The standard InChI is InChI=1S/C23H34N3O12/c1-9-23(8,26-25-22(32)33-10-2)24-11-18(35-14(4)28)20(37-16(6)30)21(38-17(7)31)19(36-15(5)29)12-34-13(3)27/h18-21H,9-10,12H2,1-8H3/q+1/b26-25+/t18-,19-,20+,21-,23+/m1/s1. The molecule has 0 bridgehead atoms. The van der Waals surface area contributed by atoms with Crippen molar-refractivity contribution < 1.29 is 57.2 Å². The topological polar surface area (TPSA) is 187 Å². The Morgan fingerprint density at radius 2 is 1.29 bits per heavy atom. The first-order valence-corrected chi connectivity index (χ1v) is 11.5. The van der Waals surface area contributed by atoms with Crippen molar-refractivity contribution in [2.45, 2.75) is 91.9 Å². The average Bonchev–Trinajstić information content (AvgIpc) is 2.79. The number of rotatable bonds is 12. The third-order valence-corrected chi connectivity index (χ3v) is 4.37. The quantitative estimate of drug-likeness (QED) is 0.198. The van der Waals surface area contributed by atoms with E-state index in [1.807, 2.05) is 0 Å². The van der Waals surface area contributed by atoms with E-state index in [0.29, 0.717) is 0 Å². The maximum atomic E-state index is 12.0. The van der Waals surface area contributed by atoms with Crippen LogP contribution in [0.15, 0.2) is 10.2 Å². The van der Waals surface area contributed by atoms with E-state index in [1.54, 1.807) is 13.8 Å². The summed E-state index contributed by atoms with van der Waals surface area (Å²) in [6.07, 6.45) is -7.26. The third-order valence-electron chi connectivity index (χ3n) is 4.37. The zero-order chi connectivity index (χ0) is 29.5. The van der Waals surface area contributed by atoms with Gasteiger partial charge in [-0.15, -0.1) is 0 Å². The Hall–Kier alpha value is -4.09. The first-order chi connectivity index (χ1) is 17.6. The van der Waals surface area contributed by atoms with Gasteiger partial charge < -0.3 is 28.4 Å². The molecule has 0 rings (SSSR count). The van der Waals surface area contributed by atoms with Gasteiger partial charge in [0.05, 0.1) is 13.0 Å². The van der Waals surface area contributed by atoms with Crippen molar-refractivity contribution in [3.05, 3.63) is 4.85 Å². The maximum Gasteiger partial charge on any atom is 0.452 e. The highest BCUT2D eigenvalue weighted by atomic mass is 16.6. The van der Waals surface area contributed by atoms with E-state index in [4.69, 9.17) is 28.4 Å². The van der Waals surface area contributed by atoms with Crippen LogP contribution in [-0.4, -0.2) is 79.2 Å². The summed E-state index contributed by atoms with van der Waals surface area (Å²) >= 11 is 0. The van der Waals surface area contributed by atoms with Gasteiger partial charge in [-0.2, -0.15) is 0 Å². The zero-order valence-electron chi connectivity index (χ0n) is 22.7. The average molecular weight is 545 g/mol. The van der Waals surface area contributed by atoms with Crippen molar-refractivity contribution in [2.24, 2.45) is 10.2 Å². The first kappa shape index (κ1) is 33.9. The van der Waals surface area contributed by atoms with Gasteiger partial charge in [-0.3, -0.25) is 24.0 Å². The molecule has 0 radical (unpaired) electrons. The van der Waals surface area contributed by atoms with Crippen LogP contribution in [0.4, 0.5) is 4.79 Å². The van der Waals surface area contributed by atoms with Crippen LogP contribution in [0.5, 0.6) is 0 Å². The summed E-state index contributed by atoms with van der Waals surface area (Å²) in [6.45, 7) is 9.42. The Morgan fingerprint density at radius 3 is 1.74 bits per heavy atom. The zero-order valence-corrected chi connectivity index (χ0v) is 22.7. The smallest absolute Gasteiger partial charge is 0.452 e. The number of hydrogen-bond donors (Lipinski definition) is 0. The van der Waals surface area contributed by atoms with Gasteiger partial charge in [-0.25, -0.2) is 4.79 Å². The number of carbonyl (C=O) groups excluding carboxylic acids is 6. The normalized spacial score (nSPS) is 15.3. The maximum absolute atomic E-state index is 12.0. The minimum Gasteiger partial charge on any atom is -0.462 e. The number of amides is 1. The molecule has 38 heavy (non-hydrogen) atoms. The summed E-state index contributed by atoms with van der Waals surface area (Å²) in [5.41, 5.74) is -1.41. The number of hydrogen-bond acceptors (Lipinski definition) is 13. The van der Waals surface area contributed by atoms with Crippen molar-refractivity contribution in [3.8, 4) is 6.07 Å². The molecule has 0 N–H and O–H groups in total. The summed E-state index contributed by atoms with van der Waals surface area (Å²) in [7, 11) is 0. The fraction of sp³-hybridized carbons (Fsp3) is 0.696. The lowest BCUT2D eigenvalue weighted by atomic mass is 10.0. The molecule has 0 saturated heterocycles. The summed E-state index contributed by atoms with van der Waals surface area (Å²) in [6, 6.07) is 2.49. The Bertz CT molecular complexity index is 970. The molecule has 0 aliphatic heterocycles. The SMILES string of the molecule is CCOC(=O)/N=N/[C@@](C)(CC)[N+]#C[C@@H](OC(C)=O)[C@H](OC(C)=O)[C@H](OC(C)=O)[C@@H](COC(C)=O)OC(C)=O. The Balaban J connectivity index is 6.76.